The number of carbonyl (C=O) groups is 1. The fourth-order valence-corrected chi connectivity index (χ4v) is 1.25. The number of hydrogen-bond donors (Lipinski definition) is 5. The fraction of sp³-hybridized carbons (Fsp3) is 0.250. The van der Waals surface area contributed by atoms with Crippen LogP contribution >= 0.6 is 24.0 Å². The Bertz CT molecular complexity index is 511. The van der Waals surface area contributed by atoms with Gasteiger partial charge in [0, 0.05) is 0 Å². The maximum Gasteiger partial charge on any atom is 0.275 e. The van der Waals surface area contributed by atoms with E-state index in [1.165, 1.54) is 0 Å². The molecule has 1 heterocycles. The Morgan fingerprint density at radius 2 is 1.68 bits per heavy atom. The number of nitrogens with one attached hydrogen (secondary N) is 1. The summed E-state index contributed by atoms with van der Waals surface area (Å²) in [5.41, 5.74) is 21.1. The lowest BCUT2D eigenvalue weighted by Gasteiger charge is -2.10. The Labute approximate surface area is 136 Å². The van der Waals surface area contributed by atoms with Crippen molar-refractivity contribution in [3.63, 3.8) is 0 Å². The van der Waals surface area contributed by atoms with Gasteiger partial charge in [-0.1, -0.05) is 11.6 Å². The number of nitrogen functional groups attached to an aromatic ring is 2. The van der Waals surface area contributed by atoms with Gasteiger partial charge in [0.25, 0.3) is 5.91 Å². The van der Waals surface area contributed by atoms with E-state index in [4.69, 9.17) is 34.5 Å². The molecule has 15 N–H and O–H groups in total. The monoisotopic (exact) mass is 362 g/mol. The summed E-state index contributed by atoms with van der Waals surface area (Å²) in [7, 11) is 0. The smallest absolute Gasteiger partial charge is 0.275 e. The van der Waals surface area contributed by atoms with Crippen molar-refractivity contribution in [1.29, 1.82) is 0 Å². The molecule has 1 aromatic rings. The van der Waals surface area contributed by atoms with E-state index in [-0.39, 0.29) is 57.3 Å². The second-order valence-electron chi connectivity index (χ2n) is 3.34. The molecule has 130 valence electrons. The molecule has 1 atom stereocenters. The molecule has 14 heteroatoms. The zero-order valence-corrected chi connectivity index (χ0v) is 13.0. The molecular formula is C8H20Cl2N8O4. The SMILES string of the molecule is CC(N=C(N)N)NC(=O)c1nc(Cl)c(N)nc1N.Cl.O.O.O. The zero-order valence-electron chi connectivity index (χ0n) is 11.4. The van der Waals surface area contributed by atoms with E-state index < -0.39 is 12.1 Å². The molecular weight excluding hydrogens is 343 g/mol. The van der Waals surface area contributed by atoms with Gasteiger partial charge >= 0.3 is 0 Å². The lowest BCUT2D eigenvalue weighted by Crippen LogP contribution is -2.36. The van der Waals surface area contributed by atoms with Gasteiger partial charge in [0.05, 0.1) is 0 Å². The van der Waals surface area contributed by atoms with E-state index in [1.807, 2.05) is 0 Å². The van der Waals surface area contributed by atoms with Gasteiger partial charge in [0.1, 0.15) is 6.17 Å². The highest BCUT2D eigenvalue weighted by molar-refractivity contribution is 6.31. The third-order valence-electron chi connectivity index (χ3n) is 1.80. The number of guanidine groups is 1. The molecule has 1 unspecified atom stereocenters. The van der Waals surface area contributed by atoms with Gasteiger partial charge in [-0.15, -0.1) is 12.4 Å². The van der Waals surface area contributed by atoms with Crippen molar-refractivity contribution in [1.82, 2.24) is 15.3 Å². The van der Waals surface area contributed by atoms with Crippen LogP contribution < -0.4 is 28.3 Å². The maximum absolute atomic E-state index is 11.8. The number of carbonyl (C=O) groups excluding carboxylic acids is 1. The largest absolute Gasteiger partial charge is 0.412 e. The number of halogens is 2. The average Bonchev–Trinajstić information content (AvgIpc) is 2.21. The summed E-state index contributed by atoms with van der Waals surface area (Å²) in [5, 5.41) is 2.34. The number of aliphatic imine (C=N–C) groups is 1. The quantitative estimate of drug-likeness (QED) is 0.268. The predicted octanol–water partition coefficient (Wildman–Crippen LogP) is -3.41. The van der Waals surface area contributed by atoms with Gasteiger partial charge in [-0.3, -0.25) is 4.79 Å². The molecule has 1 aromatic heterocycles. The number of rotatable bonds is 3. The molecule has 0 saturated heterocycles. The van der Waals surface area contributed by atoms with E-state index in [1.54, 1.807) is 6.92 Å². The number of aromatic nitrogens is 2. The van der Waals surface area contributed by atoms with Crippen molar-refractivity contribution < 1.29 is 21.2 Å². The maximum atomic E-state index is 11.8. The predicted molar refractivity (Wildman–Crippen MR) is 86.7 cm³/mol. The third-order valence-corrected chi connectivity index (χ3v) is 2.08. The summed E-state index contributed by atoms with van der Waals surface area (Å²) < 4.78 is 0. The van der Waals surface area contributed by atoms with Crippen molar-refractivity contribution in [2.45, 2.75) is 13.1 Å². The van der Waals surface area contributed by atoms with Crippen LogP contribution in [-0.4, -0.2) is 44.4 Å². The molecule has 1 amide bonds. The first-order valence-electron chi connectivity index (χ1n) is 4.79. The molecule has 0 aliphatic rings. The summed E-state index contributed by atoms with van der Waals surface area (Å²) in [4.78, 5) is 22.9. The number of hydrogen-bond acceptors (Lipinski definition) is 6. The Morgan fingerprint density at radius 3 is 2.14 bits per heavy atom. The van der Waals surface area contributed by atoms with E-state index in [2.05, 4.69) is 20.3 Å². The van der Waals surface area contributed by atoms with Crippen molar-refractivity contribution >= 4 is 47.5 Å². The molecule has 0 saturated carbocycles. The Morgan fingerprint density at radius 1 is 1.18 bits per heavy atom. The molecule has 0 aromatic carbocycles. The molecule has 1 rings (SSSR count). The third kappa shape index (κ3) is 7.61. The fourth-order valence-electron chi connectivity index (χ4n) is 1.12. The Kier molecular flexibility index (Phi) is 14.7. The van der Waals surface area contributed by atoms with E-state index in [0.29, 0.717) is 0 Å². The van der Waals surface area contributed by atoms with E-state index in [9.17, 15) is 4.79 Å². The van der Waals surface area contributed by atoms with Crippen LogP contribution in [0.3, 0.4) is 0 Å². The normalized spacial score (nSPS) is 9.55. The van der Waals surface area contributed by atoms with Crippen LogP contribution in [0.1, 0.15) is 17.4 Å². The summed E-state index contributed by atoms with van der Waals surface area (Å²) in [6.45, 7) is 1.57. The molecule has 0 bridgehead atoms. The molecule has 22 heavy (non-hydrogen) atoms. The van der Waals surface area contributed by atoms with Crippen LogP contribution in [0.25, 0.3) is 0 Å². The van der Waals surface area contributed by atoms with Crippen LogP contribution in [-0.2, 0) is 0 Å². The zero-order chi connectivity index (χ0) is 13.9. The van der Waals surface area contributed by atoms with E-state index >= 15 is 0 Å². The van der Waals surface area contributed by atoms with Gasteiger partial charge in [-0.2, -0.15) is 0 Å². The minimum Gasteiger partial charge on any atom is -0.412 e. The van der Waals surface area contributed by atoms with Crippen molar-refractivity contribution in [3.05, 3.63) is 10.8 Å². The molecule has 0 aliphatic heterocycles. The summed E-state index contributed by atoms with van der Waals surface area (Å²) in [6.07, 6.45) is -0.639. The minimum absolute atomic E-state index is 0. The van der Waals surface area contributed by atoms with E-state index in [0.717, 1.165) is 0 Å². The second kappa shape index (κ2) is 11.5. The Hall–Kier alpha value is -2.12. The molecule has 12 nitrogen and oxygen atoms in total. The standard InChI is InChI=1S/C8H13ClN8O.ClH.3H2O/c1-2(15-8(12)13)14-7(18)3-5(10)17-6(11)4(9)16-3;;;;/h2H,1H3,(H,14,18)(H4,10,11,17)(H4,12,13,15);1H;3*1H2. The highest BCUT2D eigenvalue weighted by Crippen LogP contribution is 2.17. The summed E-state index contributed by atoms with van der Waals surface area (Å²) in [5.74, 6) is -0.953. The molecule has 0 radical (unpaired) electrons. The minimum atomic E-state index is -0.639. The van der Waals surface area contributed by atoms with Gasteiger partial charge in [-0.25, -0.2) is 15.0 Å². The first-order chi connectivity index (χ1) is 8.31. The van der Waals surface area contributed by atoms with Crippen LogP contribution in [0.4, 0.5) is 11.6 Å². The first-order valence-corrected chi connectivity index (χ1v) is 5.17. The van der Waals surface area contributed by atoms with Crippen LogP contribution in [0.2, 0.25) is 5.15 Å². The second-order valence-corrected chi connectivity index (χ2v) is 3.69. The van der Waals surface area contributed by atoms with Gasteiger partial charge in [0.15, 0.2) is 28.4 Å². The number of amides is 1. The lowest BCUT2D eigenvalue weighted by atomic mass is 10.3. The van der Waals surface area contributed by atoms with Gasteiger partial charge in [0.2, 0.25) is 0 Å². The lowest BCUT2D eigenvalue weighted by molar-refractivity contribution is 0.0937. The highest BCUT2D eigenvalue weighted by atomic mass is 35.5. The Balaban J connectivity index is -0.000000405. The van der Waals surface area contributed by atoms with Crippen LogP contribution in [0.15, 0.2) is 4.99 Å². The number of nitrogens with zero attached hydrogens (tertiary/aromatic N) is 3. The molecule has 0 fully saturated rings. The van der Waals surface area contributed by atoms with Crippen molar-refractivity contribution in [2.75, 3.05) is 11.5 Å². The topological polar surface area (TPSA) is 266 Å². The number of nitrogens with two attached hydrogens (primary N) is 4. The van der Waals surface area contributed by atoms with Gasteiger partial charge in [-0.05, 0) is 6.92 Å². The van der Waals surface area contributed by atoms with Crippen molar-refractivity contribution in [2.24, 2.45) is 16.5 Å². The average molecular weight is 363 g/mol. The molecule has 0 spiro atoms. The summed E-state index contributed by atoms with van der Waals surface area (Å²) in [6, 6.07) is 0. The summed E-state index contributed by atoms with van der Waals surface area (Å²) >= 11 is 5.65. The number of anilines is 2. The van der Waals surface area contributed by atoms with Crippen molar-refractivity contribution in [3.8, 4) is 0 Å². The first kappa shape index (κ1) is 28.1. The highest BCUT2D eigenvalue weighted by Gasteiger charge is 2.17. The molecule has 0 aliphatic carbocycles. The van der Waals surface area contributed by atoms with Gasteiger partial charge < -0.3 is 44.7 Å². The van der Waals surface area contributed by atoms with Crippen LogP contribution in [0, 0.1) is 0 Å². The van der Waals surface area contributed by atoms with Crippen LogP contribution in [0.5, 0.6) is 0 Å².